The lowest BCUT2D eigenvalue weighted by molar-refractivity contribution is -0.148. The van der Waals surface area contributed by atoms with Gasteiger partial charge in [-0.05, 0) is 50.4 Å². The number of aliphatic imine (C=N–C) groups is 1. The van der Waals surface area contributed by atoms with Crippen molar-refractivity contribution in [2.75, 3.05) is 39.8 Å². The summed E-state index contributed by atoms with van der Waals surface area (Å²) < 4.78 is 39.3. The molecule has 2 heterocycles. The molecule has 0 radical (unpaired) electrons. The molecule has 2 N–H and O–H groups in total. The van der Waals surface area contributed by atoms with Gasteiger partial charge in [-0.1, -0.05) is 0 Å². The summed E-state index contributed by atoms with van der Waals surface area (Å²) in [4.78, 5) is 5.70. The smallest absolute Gasteiger partial charge is 0.356 e. The summed E-state index contributed by atoms with van der Waals surface area (Å²) >= 11 is 0. The zero-order valence-electron chi connectivity index (χ0n) is 15.1. The van der Waals surface area contributed by atoms with E-state index in [1.807, 2.05) is 24.5 Å². The van der Waals surface area contributed by atoms with Gasteiger partial charge in [0.05, 0.1) is 6.54 Å². The largest absolute Gasteiger partial charge is 0.401 e. The first-order chi connectivity index (χ1) is 12.0. The Labute approximate surface area is 170 Å². The molecule has 1 fully saturated rings. The summed E-state index contributed by atoms with van der Waals surface area (Å²) in [6.07, 6.45) is 2.56. The average molecular weight is 487 g/mol. The predicted molar refractivity (Wildman–Crippen MR) is 109 cm³/mol. The molecule has 1 saturated heterocycles. The molecule has 0 atom stereocenters. The molecule has 0 saturated carbocycles. The van der Waals surface area contributed by atoms with Crippen LogP contribution in [0.1, 0.15) is 19.3 Å². The highest BCUT2D eigenvalue weighted by atomic mass is 127. The van der Waals surface area contributed by atoms with Crippen LogP contribution in [0.15, 0.2) is 29.5 Å². The molecule has 0 aliphatic carbocycles. The molecule has 1 aromatic heterocycles. The Hall–Kier alpha value is -0.970. The number of piperidine rings is 1. The molecule has 2 rings (SSSR count). The van der Waals surface area contributed by atoms with Gasteiger partial charge in [-0.25, -0.2) is 0 Å². The second kappa shape index (κ2) is 11.7. The van der Waals surface area contributed by atoms with Crippen molar-refractivity contribution in [2.45, 2.75) is 32.0 Å². The summed E-state index contributed by atoms with van der Waals surface area (Å²) in [7, 11) is 1.74. The molecule has 150 valence electrons. The Bertz CT molecular complexity index is 511. The second-order valence-electron chi connectivity index (χ2n) is 6.47. The molecule has 0 bridgehead atoms. The van der Waals surface area contributed by atoms with Crippen LogP contribution < -0.4 is 10.6 Å². The van der Waals surface area contributed by atoms with Crippen molar-refractivity contribution in [3.8, 4) is 0 Å². The SMILES string of the molecule is CN=C(NCCC1CCN(CC(F)(F)F)CC1)NCCn1cccc1.I. The summed E-state index contributed by atoms with van der Waals surface area (Å²) in [6.45, 7) is 2.72. The van der Waals surface area contributed by atoms with Gasteiger partial charge in [0.25, 0.3) is 0 Å². The molecule has 0 spiro atoms. The average Bonchev–Trinajstić information content (AvgIpc) is 3.07. The predicted octanol–water partition coefficient (Wildman–Crippen LogP) is 2.94. The Morgan fingerprint density at radius 2 is 1.73 bits per heavy atom. The van der Waals surface area contributed by atoms with Crippen LogP contribution in [0.3, 0.4) is 0 Å². The van der Waals surface area contributed by atoms with Gasteiger partial charge in [-0.3, -0.25) is 9.89 Å². The fourth-order valence-electron chi connectivity index (χ4n) is 3.12. The van der Waals surface area contributed by atoms with E-state index in [2.05, 4.69) is 20.2 Å². The first kappa shape index (κ1) is 23.1. The Balaban J connectivity index is 0.00000338. The van der Waals surface area contributed by atoms with Crippen LogP contribution in [-0.4, -0.2) is 61.4 Å². The molecule has 9 heteroatoms. The fraction of sp³-hybridized carbons (Fsp3) is 0.706. The van der Waals surface area contributed by atoms with Crippen LogP contribution in [0.25, 0.3) is 0 Å². The molecule has 0 unspecified atom stereocenters. The van der Waals surface area contributed by atoms with Crippen molar-refractivity contribution in [2.24, 2.45) is 10.9 Å². The van der Waals surface area contributed by atoms with E-state index in [9.17, 15) is 13.2 Å². The van der Waals surface area contributed by atoms with Crippen LogP contribution in [0.2, 0.25) is 0 Å². The van der Waals surface area contributed by atoms with Crippen molar-refractivity contribution in [1.82, 2.24) is 20.1 Å². The minimum absolute atomic E-state index is 0. The van der Waals surface area contributed by atoms with Crippen LogP contribution in [0.4, 0.5) is 13.2 Å². The third-order valence-corrected chi connectivity index (χ3v) is 4.51. The van der Waals surface area contributed by atoms with Crippen LogP contribution in [-0.2, 0) is 6.54 Å². The number of alkyl halides is 3. The highest BCUT2D eigenvalue weighted by Crippen LogP contribution is 2.23. The molecule has 5 nitrogen and oxygen atoms in total. The van der Waals surface area contributed by atoms with E-state index in [0.717, 1.165) is 44.9 Å². The van der Waals surface area contributed by atoms with Gasteiger partial charge in [0.1, 0.15) is 0 Å². The molecule has 0 amide bonds. The number of rotatable bonds is 7. The van der Waals surface area contributed by atoms with E-state index in [-0.39, 0.29) is 24.0 Å². The highest BCUT2D eigenvalue weighted by molar-refractivity contribution is 14.0. The quantitative estimate of drug-likeness (QED) is 0.353. The van der Waals surface area contributed by atoms with Crippen LogP contribution in [0.5, 0.6) is 0 Å². The van der Waals surface area contributed by atoms with E-state index < -0.39 is 12.7 Å². The minimum Gasteiger partial charge on any atom is -0.356 e. The number of nitrogens with one attached hydrogen (secondary N) is 2. The van der Waals surface area contributed by atoms with Gasteiger partial charge in [0.15, 0.2) is 5.96 Å². The Morgan fingerprint density at radius 3 is 2.31 bits per heavy atom. The lowest BCUT2D eigenvalue weighted by Gasteiger charge is -2.32. The zero-order valence-corrected chi connectivity index (χ0v) is 17.5. The zero-order chi connectivity index (χ0) is 18.1. The molecular weight excluding hydrogens is 458 g/mol. The highest BCUT2D eigenvalue weighted by Gasteiger charge is 2.32. The number of guanidine groups is 1. The standard InChI is InChI=1S/C17H28F3N5.HI/c1-21-16(23-8-13-24-9-2-3-10-24)22-7-4-15-5-11-25(12-6-15)14-17(18,19)20;/h2-3,9-10,15H,4-8,11-14H2,1H3,(H2,21,22,23);1H. The van der Waals surface area contributed by atoms with Crippen molar-refractivity contribution >= 4 is 29.9 Å². The maximum absolute atomic E-state index is 12.4. The first-order valence-corrected chi connectivity index (χ1v) is 8.80. The van der Waals surface area contributed by atoms with Gasteiger partial charge in [0, 0.05) is 39.1 Å². The first-order valence-electron chi connectivity index (χ1n) is 8.80. The third-order valence-electron chi connectivity index (χ3n) is 4.51. The summed E-state index contributed by atoms with van der Waals surface area (Å²) in [5.41, 5.74) is 0. The van der Waals surface area contributed by atoms with Gasteiger partial charge in [0.2, 0.25) is 0 Å². The number of aromatic nitrogens is 1. The molecular formula is C17H29F3IN5. The maximum atomic E-state index is 12.4. The third kappa shape index (κ3) is 9.11. The second-order valence-corrected chi connectivity index (χ2v) is 6.47. The number of halogens is 4. The monoisotopic (exact) mass is 487 g/mol. The molecule has 26 heavy (non-hydrogen) atoms. The molecule has 1 aliphatic heterocycles. The van der Waals surface area contributed by atoms with E-state index >= 15 is 0 Å². The Kier molecular flexibility index (Phi) is 10.4. The number of hydrogen-bond donors (Lipinski definition) is 2. The maximum Gasteiger partial charge on any atom is 0.401 e. The summed E-state index contributed by atoms with van der Waals surface area (Å²) in [6, 6.07) is 3.99. The van der Waals surface area contributed by atoms with Crippen LogP contribution in [0, 0.1) is 5.92 Å². The van der Waals surface area contributed by atoms with Gasteiger partial charge in [-0.2, -0.15) is 13.2 Å². The van der Waals surface area contributed by atoms with E-state index in [1.165, 1.54) is 4.90 Å². The summed E-state index contributed by atoms with van der Waals surface area (Å²) in [5.74, 6) is 1.25. The van der Waals surface area contributed by atoms with Crippen LogP contribution >= 0.6 is 24.0 Å². The van der Waals surface area contributed by atoms with Crippen molar-refractivity contribution in [3.63, 3.8) is 0 Å². The molecule has 1 aliphatic rings. The lowest BCUT2D eigenvalue weighted by Crippen LogP contribution is -2.42. The van der Waals surface area contributed by atoms with E-state index in [4.69, 9.17) is 0 Å². The van der Waals surface area contributed by atoms with Crippen molar-refractivity contribution in [1.29, 1.82) is 0 Å². The van der Waals surface area contributed by atoms with Gasteiger partial charge >= 0.3 is 6.18 Å². The normalized spacial score (nSPS) is 17.0. The van der Waals surface area contributed by atoms with E-state index in [0.29, 0.717) is 19.0 Å². The molecule has 1 aromatic rings. The summed E-state index contributed by atoms with van der Waals surface area (Å²) in [5, 5.41) is 6.55. The van der Waals surface area contributed by atoms with Gasteiger partial charge in [-0.15, -0.1) is 24.0 Å². The molecule has 0 aromatic carbocycles. The van der Waals surface area contributed by atoms with Gasteiger partial charge < -0.3 is 15.2 Å². The Morgan fingerprint density at radius 1 is 1.12 bits per heavy atom. The van der Waals surface area contributed by atoms with Crippen molar-refractivity contribution in [3.05, 3.63) is 24.5 Å². The number of hydrogen-bond acceptors (Lipinski definition) is 2. The fourth-order valence-corrected chi connectivity index (χ4v) is 3.12. The number of likely N-dealkylation sites (tertiary alicyclic amines) is 1. The van der Waals surface area contributed by atoms with E-state index in [1.54, 1.807) is 7.05 Å². The minimum atomic E-state index is -4.09. The lowest BCUT2D eigenvalue weighted by atomic mass is 9.93. The van der Waals surface area contributed by atoms with Crippen molar-refractivity contribution < 1.29 is 13.2 Å². The number of nitrogens with zero attached hydrogens (tertiary/aromatic N) is 3. The topological polar surface area (TPSA) is 44.6 Å².